The van der Waals surface area contributed by atoms with Crippen LogP contribution < -0.4 is 5.32 Å². The Bertz CT molecular complexity index is 379. The van der Waals surface area contributed by atoms with Crippen molar-refractivity contribution in [1.82, 2.24) is 4.90 Å². The van der Waals surface area contributed by atoms with Gasteiger partial charge in [-0.05, 0) is 38.5 Å². The summed E-state index contributed by atoms with van der Waals surface area (Å²) in [7, 11) is 1.85. The Hall–Kier alpha value is -1.71. The molecule has 4 heteroatoms. The molecular weight excluding hydrogens is 216 g/mol. The Balaban J connectivity index is 2.83. The molecule has 0 aliphatic carbocycles. The van der Waals surface area contributed by atoms with E-state index in [1.165, 1.54) is 4.90 Å². The van der Waals surface area contributed by atoms with E-state index < -0.39 is 11.6 Å². The van der Waals surface area contributed by atoms with E-state index in [1.807, 2.05) is 52.1 Å². The van der Waals surface area contributed by atoms with Crippen LogP contribution in [0.15, 0.2) is 24.3 Å². The third kappa shape index (κ3) is 3.66. The minimum absolute atomic E-state index is 0.395. The SMILES string of the molecule is CNc1ccc(CN(C(=O)O)C(C)(C)C)cc1. The summed E-state index contributed by atoms with van der Waals surface area (Å²) >= 11 is 0. The van der Waals surface area contributed by atoms with Crippen molar-refractivity contribution < 1.29 is 9.90 Å². The summed E-state index contributed by atoms with van der Waals surface area (Å²) in [4.78, 5) is 12.6. The maximum atomic E-state index is 11.2. The molecule has 0 saturated heterocycles. The van der Waals surface area contributed by atoms with Crippen LogP contribution in [0.2, 0.25) is 0 Å². The highest BCUT2D eigenvalue weighted by Gasteiger charge is 2.25. The van der Waals surface area contributed by atoms with Gasteiger partial charge in [0.25, 0.3) is 0 Å². The van der Waals surface area contributed by atoms with Gasteiger partial charge in [0, 0.05) is 24.8 Å². The molecule has 0 aliphatic heterocycles. The zero-order valence-corrected chi connectivity index (χ0v) is 10.8. The van der Waals surface area contributed by atoms with E-state index in [-0.39, 0.29) is 0 Å². The molecule has 1 aromatic rings. The molecule has 0 atom stereocenters. The Morgan fingerprint density at radius 2 is 1.82 bits per heavy atom. The second-order valence-corrected chi connectivity index (χ2v) is 4.99. The zero-order chi connectivity index (χ0) is 13.1. The first-order chi connectivity index (χ1) is 7.84. The van der Waals surface area contributed by atoms with E-state index in [0.29, 0.717) is 6.54 Å². The van der Waals surface area contributed by atoms with Crippen LogP contribution in [-0.4, -0.2) is 28.7 Å². The third-order valence-corrected chi connectivity index (χ3v) is 2.62. The second-order valence-electron chi connectivity index (χ2n) is 4.99. The first-order valence-corrected chi connectivity index (χ1v) is 5.62. The smallest absolute Gasteiger partial charge is 0.408 e. The summed E-state index contributed by atoms with van der Waals surface area (Å²) in [6.07, 6.45) is -0.893. The molecule has 94 valence electrons. The van der Waals surface area contributed by atoms with Gasteiger partial charge in [-0.3, -0.25) is 4.90 Å². The van der Waals surface area contributed by atoms with Crippen LogP contribution in [0.5, 0.6) is 0 Å². The van der Waals surface area contributed by atoms with Crippen molar-refractivity contribution in [3.05, 3.63) is 29.8 Å². The van der Waals surface area contributed by atoms with E-state index in [2.05, 4.69) is 5.32 Å². The van der Waals surface area contributed by atoms with Gasteiger partial charge in [0.15, 0.2) is 0 Å². The molecule has 0 saturated carbocycles. The van der Waals surface area contributed by atoms with E-state index in [9.17, 15) is 9.90 Å². The summed E-state index contributed by atoms with van der Waals surface area (Å²) in [5.74, 6) is 0. The van der Waals surface area contributed by atoms with Crippen LogP contribution in [0.3, 0.4) is 0 Å². The molecule has 0 radical (unpaired) electrons. The van der Waals surface area contributed by atoms with Gasteiger partial charge >= 0.3 is 6.09 Å². The molecule has 0 aliphatic rings. The van der Waals surface area contributed by atoms with E-state index in [0.717, 1.165) is 11.3 Å². The number of carboxylic acid groups (broad SMARTS) is 1. The first-order valence-electron chi connectivity index (χ1n) is 5.62. The van der Waals surface area contributed by atoms with Gasteiger partial charge < -0.3 is 10.4 Å². The van der Waals surface area contributed by atoms with Crippen LogP contribution in [-0.2, 0) is 6.54 Å². The molecule has 0 unspecified atom stereocenters. The second kappa shape index (κ2) is 5.08. The lowest BCUT2D eigenvalue weighted by Gasteiger charge is -2.33. The van der Waals surface area contributed by atoms with Crippen LogP contribution in [0.1, 0.15) is 26.3 Å². The summed E-state index contributed by atoms with van der Waals surface area (Å²) < 4.78 is 0. The number of nitrogens with one attached hydrogen (secondary N) is 1. The average Bonchev–Trinajstić information content (AvgIpc) is 2.24. The number of hydrogen-bond acceptors (Lipinski definition) is 2. The molecule has 1 rings (SSSR count). The lowest BCUT2D eigenvalue weighted by atomic mass is 10.1. The largest absolute Gasteiger partial charge is 0.465 e. The Morgan fingerprint density at radius 1 is 1.29 bits per heavy atom. The predicted octanol–water partition coefficient (Wildman–Crippen LogP) is 3.01. The van der Waals surface area contributed by atoms with Gasteiger partial charge in [-0.2, -0.15) is 0 Å². The van der Waals surface area contributed by atoms with Gasteiger partial charge in [-0.15, -0.1) is 0 Å². The van der Waals surface area contributed by atoms with Crippen molar-refractivity contribution in [3.63, 3.8) is 0 Å². The van der Waals surface area contributed by atoms with Gasteiger partial charge in [0.1, 0.15) is 0 Å². The maximum absolute atomic E-state index is 11.2. The lowest BCUT2D eigenvalue weighted by molar-refractivity contribution is 0.0956. The van der Waals surface area contributed by atoms with Gasteiger partial charge in [0.2, 0.25) is 0 Å². The fourth-order valence-electron chi connectivity index (χ4n) is 1.55. The van der Waals surface area contributed by atoms with Crippen molar-refractivity contribution in [2.24, 2.45) is 0 Å². The van der Waals surface area contributed by atoms with Crippen molar-refractivity contribution in [3.8, 4) is 0 Å². The summed E-state index contributed by atoms with van der Waals surface area (Å²) in [6.45, 7) is 6.08. The normalized spacial score (nSPS) is 11.1. The maximum Gasteiger partial charge on any atom is 0.408 e. The quantitative estimate of drug-likeness (QED) is 0.848. The van der Waals surface area contributed by atoms with E-state index >= 15 is 0 Å². The number of benzene rings is 1. The Morgan fingerprint density at radius 3 is 2.18 bits per heavy atom. The van der Waals surface area contributed by atoms with Gasteiger partial charge in [0.05, 0.1) is 0 Å². The fraction of sp³-hybridized carbons (Fsp3) is 0.462. The average molecular weight is 236 g/mol. The molecule has 0 spiro atoms. The molecular formula is C13H20N2O2. The molecule has 0 aromatic heterocycles. The van der Waals surface area contributed by atoms with Crippen molar-refractivity contribution in [2.45, 2.75) is 32.9 Å². The number of hydrogen-bond donors (Lipinski definition) is 2. The van der Waals surface area contributed by atoms with Crippen molar-refractivity contribution in [2.75, 3.05) is 12.4 Å². The van der Waals surface area contributed by atoms with E-state index in [4.69, 9.17) is 0 Å². The highest BCUT2D eigenvalue weighted by atomic mass is 16.4. The topological polar surface area (TPSA) is 52.6 Å². The summed E-state index contributed by atoms with van der Waals surface area (Å²) in [6, 6.07) is 7.76. The third-order valence-electron chi connectivity index (χ3n) is 2.62. The van der Waals surface area contributed by atoms with Crippen molar-refractivity contribution >= 4 is 11.8 Å². The summed E-state index contributed by atoms with van der Waals surface area (Å²) in [5.41, 5.74) is 1.61. The number of carbonyl (C=O) groups is 1. The van der Waals surface area contributed by atoms with Crippen LogP contribution in [0.4, 0.5) is 10.5 Å². The van der Waals surface area contributed by atoms with Crippen LogP contribution >= 0.6 is 0 Å². The lowest BCUT2D eigenvalue weighted by Crippen LogP contribution is -2.44. The predicted molar refractivity (Wildman–Crippen MR) is 69.3 cm³/mol. The molecule has 0 fully saturated rings. The fourth-order valence-corrected chi connectivity index (χ4v) is 1.55. The highest BCUT2D eigenvalue weighted by molar-refractivity contribution is 5.66. The molecule has 2 N–H and O–H groups in total. The molecule has 0 heterocycles. The van der Waals surface area contributed by atoms with E-state index in [1.54, 1.807) is 0 Å². The highest BCUT2D eigenvalue weighted by Crippen LogP contribution is 2.18. The molecule has 1 amide bonds. The molecule has 17 heavy (non-hydrogen) atoms. The summed E-state index contributed by atoms with van der Waals surface area (Å²) in [5, 5.41) is 12.2. The van der Waals surface area contributed by atoms with Crippen molar-refractivity contribution in [1.29, 1.82) is 0 Å². The standard InChI is InChI=1S/C13H20N2O2/c1-13(2,3)15(12(16)17)9-10-5-7-11(14-4)8-6-10/h5-8,14H,9H2,1-4H3,(H,16,17). The minimum Gasteiger partial charge on any atom is -0.465 e. The zero-order valence-electron chi connectivity index (χ0n) is 10.8. The minimum atomic E-state index is -0.893. The van der Waals surface area contributed by atoms with Crippen LogP contribution in [0.25, 0.3) is 0 Å². The Kier molecular flexibility index (Phi) is 3.99. The number of nitrogens with zero attached hydrogens (tertiary/aromatic N) is 1. The first kappa shape index (κ1) is 13.4. The number of amides is 1. The monoisotopic (exact) mass is 236 g/mol. The van der Waals surface area contributed by atoms with Gasteiger partial charge in [-0.25, -0.2) is 4.79 Å². The van der Waals surface area contributed by atoms with Crippen LogP contribution in [0, 0.1) is 0 Å². The number of rotatable bonds is 3. The molecule has 1 aromatic carbocycles. The number of anilines is 1. The molecule has 4 nitrogen and oxygen atoms in total. The Labute approximate surface area is 102 Å². The molecule has 0 bridgehead atoms. The van der Waals surface area contributed by atoms with Gasteiger partial charge in [-0.1, -0.05) is 12.1 Å².